The first-order valence-corrected chi connectivity index (χ1v) is 13.7. The Bertz CT molecular complexity index is 1460. The summed E-state index contributed by atoms with van der Waals surface area (Å²) in [5.41, 5.74) is 1.16. The van der Waals surface area contributed by atoms with Crippen LogP contribution in [0.2, 0.25) is 0 Å². The summed E-state index contributed by atoms with van der Waals surface area (Å²) in [6.07, 6.45) is 0. The Morgan fingerprint density at radius 2 is 1.62 bits per heavy atom. The summed E-state index contributed by atoms with van der Waals surface area (Å²) < 4.78 is 45.0. The zero-order valence-electron chi connectivity index (χ0n) is 22.1. The molecule has 0 saturated carbocycles. The van der Waals surface area contributed by atoms with E-state index < -0.39 is 27.5 Å². The van der Waals surface area contributed by atoms with Crippen molar-refractivity contribution in [3.05, 3.63) is 72.3 Å². The summed E-state index contributed by atoms with van der Waals surface area (Å²) in [6.45, 7) is 5.93. The lowest BCUT2D eigenvalue weighted by Gasteiger charge is -2.27. The molecule has 3 aromatic rings. The third-order valence-electron chi connectivity index (χ3n) is 5.67. The van der Waals surface area contributed by atoms with Crippen molar-refractivity contribution in [3.8, 4) is 28.4 Å². The van der Waals surface area contributed by atoms with E-state index in [-0.39, 0.29) is 29.7 Å². The van der Waals surface area contributed by atoms with Gasteiger partial charge in [-0.1, -0.05) is 31.7 Å². The predicted molar refractivity (Wildman–Crippen MR) is 152 cm³/mol. The highest BCUT2D eigenvalue weighted by molar-refractivity contribution is 7.90. The van der Waals surface area contributed by atoms with Crippen LogP contribution in [0.25, 0.3) is 11.1 Å². The minimum Gasteiger partial charge on any atom is -0.497 e. The average Bonchev–Trinajstić information content (AvgIpc) is 2.85. The van der Waals surface area contributed by atoms with E-state index in [4.69, 9.17) is 14.2 Å². The fourth-order valence-corrected chi connectivity index (χ4v) is 4.79. The summed E-state index contributed by atoms with van der Waals surface area (Å²) in [4.78, 5) is 24.8. The molecule has 0 aromatic heterocycles. The minimum atomic E-state index is -4.43. The molecule has 0 unspecified atom stereocenters. The van der Waals surface area contributed by atoms with Crippen molar-refractivity contribution in [2.24, 2.45) is 0 Å². The van der Waals surface area contributed by atoms with Crippen molar-refractivity contribution in [2.45, 2.75) is 44.7 Å². The van der Waals surface area contributed by atoms with E-state index in [1.54, 1.807) is 46.1 Å². The molecule has 0 radical (unpaired) electrons. The number of hydrogen-bond acceptors (Lipinski definition) is 7. The van der Waals surface area contributed by atoms with Crippen molar-refractivity contribution in [3.63, 3.8) is 0 Å². The standard InChI is InChI=1S/C28H31N3O7S.CH4/c1-28(2,3)30-27(33)31-39(34,35)25-15-20(26(32)29-21-16-37-17-21)10-13-24(25)38-23-7-5-6-19(14-23)18-8-11-22(36-4)12-9-18;/h5-15,21H,16-17H2,1-4H3,(H,29,32)(H2,30,31,33);1H4. The maximum Gasteiger partial charge on any atom is 0.329 e. The van der Waals surface area contributed by atoms with Gasteiger partial charge in [0.05, 0.1) is 26.4 Å². The maximum absolute atomic E-state index is 13.3. The molecular formula is C29H35N3O7S. The zero-order chi connectivity index (χ0) is 28.2. The van der Waals surface area contributed by atoms with Gasteiger partial charge in [-0.05, 0) is 74.4 Å². The number of ether oxygens (including phenoxy) is 3. The van der Waals surface area contributed by atoms with Gasteiger partial charge < -0.3 is 24.8 Å². The van der Waals surface area contributed by atoms with Crippen LogP contribution < -0.4 is 24.8 Å². The lowest BCUT2D eigenvalue weighted by atomic mass is 10.1. The largest absolute Gasteiger partial charge is 0.497 e. The Morgan fingerprint density at radius 1 is 0.925 bits per heavy atom. The first-order valence-electron chi connectivity index (χ1n) is 12.2. The molecule has 11 heteroatoms. The number of urea groups is 1. The van der Waals surface area contributed by atoms with Gasteiger partial charge in [-0.2, -0.15) is 0 Å². The number of nitrogens with one attached hydrogen (secondary N) is 3. The second-order valence-corrected chi connectivity index (χ2v) is 11.7. The number of hydrogen-bond donors (Lipinski definition) is 3. The third-order valence-corrected chi connectivity index (χ3v) is 7.02. The monoisotopic (exact) mass is 569 g/mol. The molecular weight excluding hydrogens is 534 g/mol. The van der Waals surface area contributed by atoms with Gasteiger partial charge in [0.2, 0.25) is 0 Å². The maximum atomic E-state index is 13.3. The smallest absolute Gasteiger partial charge is 0.329 e. The number of amides is 3. The van der Waals surface area contributed by atoms with Gasteiger partial charge in [0.15, 0.2) is 0 Å². The average molecular weight is 570 g/mol. The molecule has 1 fully saturated rings. The lowest BCUT2D eigenvalue weighted by Crippen LogP contribution is -2.48. The van der Waals surface area contributed by atoms with Crippen molar-refractivity contribution in [1.82, 2.24) is 15.4 Å². The number of sulfonamides is 1. The molecule has 0 aliphatic carbocycles. The van der Waals surface area contributed by atoms with Gasteiger partial charge in [-0.25, -0.2) is 17.9 Å². The van der Waals surface area contributed by atoms with Crippen molar-refractivity contribution >= 4 is 22.0 Å². The van der Waals surface area contributed by atoms with Crippen LogP contribution in [-0.4, -0.2) is 52.3 Å². The van der Waals surface area contributed by atoms with Crippen LogP contribution >= 0.6 is 0 Å². The Labute approximate surface area is 235 Å². The van der Waals surface area contributed by atoms with Crippen LogP contribution in [0, 0.1) is 0 Å². The first kappa shape index (κ1) is 30.5. The summed E-state index contributed by atoms with van der Waals surface area (Å²) in [7, 11) is -2.84. The summed E-state index contributed by atoms with van der Waals surface area (Å²) >= 11 is 0. The number of methoxy groups -OCH3 is 1. The highest BCUT2D eigenvalue weighted by Crippen LogP contribution is 2.33. The van der Waals surface area contributed by atoms with E-state index in [2.05, 4.69) is 10.6 Å². The van der Waals surface area contributed by atoms with E-state index in [0.29, 0.717) is 19.0 Å². The van der Waals surface area contributed by atoms with Crippen LogP contribution in [0.3, 0.4) is 0 Å². The summed E-state index contributed by atoms with van der Waals surface area (Å²) in [6, 6.07) is 17.6. The minimum absolute atomic E-state index is 0. The van der Waals surface area contributed by atoms with Crippen LogP contribution in [0.5, 0.6) is 17.2 Å². The molecule has 1 heterocycles. The normalized spacial score (nSPS) is 13.3. The predicted octanol–water partition coefficient (Wildman–Crippen LogP) is 4.71. The molecule has 3 N–H and O–H groups in total. The fraction of sp³-hybridized carbons (Fsp3) is 0.310. The summed E-state index contributed by atoms with van der Waals surface area (Å²) in [5, 5.41) is 5.33. The van der Waals surface area contributed by atoms with Gasteiger partial charge in [0, 0.05) is 11.1 Å². The SMILES string of the molecule is C.COc1ccc(-c2cccc(Oc3ccc(C(=O)NC4COC4)cc3S(=O)(=O)NC(=O)NC(C)(C)C)c2)cc1. The van der Waals surface area contributed by atoms with Gasteiger partial charge in [0.25, 0.3) is 15.9 Å². The number of carbonyl (C=O) groups is 2. The molecule has 4 rings (SSSR count). The number of rotatable bonds is 8. The van der Waals surface area contributed by atoms with E-state index in [0.717, 1.165) is 16.9 Å². The summed E-state index contributed by atoms with van der Waals surface area (Å²) in [5.74, 6) is 0.564. The van der Waals surface area contributed by atoms with Gasteiger partial charge in [-0.3, -0.25) is 4.79 Å². The molecule has 10 nitrogen and oxygen atoms in total. The van der Waals surface area contributed by atoms with Crippen molar-refractivity contribution in [1.29, 1.82) is 0 Å². The molecule has 3 aromatic carbocycles. The number of carbonyl (C=O) groups excluding carboxylic acids is 2. The molecule has 0 spiro atoms. The van der Waals surface area contributed by atoms with Crippen LogP contribution in [0.1, 0.15) is 38.6 Å². The second kappa shape index (κ2) is 12.4. The Hall–Kier alpha value is -4.09. The van der Waals surface area contributed by atoms with E-state index in [1.807, 2.05) is 35.1 Å². The molecule has 3 amide bonds. The molecule has 0 atom stereocenters. The molecule has 1 aliphatic heterocycles. The zero-order valence-corrected chi connectivity index (χ0v) is 22.9. The molecule has 1 aliphatic rings. The molecule has 0 bridgehead atoms. The van der Waals surface area contributed by atoms with Gasteiger partial charge in [-0.15, -0.1) is 0 Å². The first-order chi connectivity index (χ1) is 18.4. The highest BCUT2D eigenvalue weighted by Gasteiger charge is 2.27. The Kier molecular flexibility index (Phi) is 9.44. The van der Waals surface area contributed by atoms with Gasteiger partial charge >= 0.3 is 6.03 Å². The second-order valence-electron chi connectivity index (χ2n) is 10.0. The van der Waals surface area contributed by atoms with E-state index in [9.17, 15) is 18.0 Å². The van der Waals surface area contributed by atoms with E-state index >= 15 is 0 Å². The van der Waals surface area contributed by atoms with Gasteiger partial charge in [0.1, 0.15) is 22.1 Å². The lowest BCUT2D eigenvalue weighted by molar-refractivity contribution is -0.00346. The molecule has 1 saturated heterocycles. The van der Waals surface area contributed by atoms with Crippen molar-refractivity contribution in [2.75, 3.05) is 20.3 Å². The molecule has 214 valence electrons. The Balaban J connectivity index is 0.00000441. The third kappa shape index (κ3) is 7.73. The van der Waals surface area contributed by atoms with E-state index in [1.165, 1.54) is 18.2 Å². The van der Waals surface area contributed by atoms with Crippen LogP contribution in [0.15, 0.2) is 71.6 Å². The highest BCUT2D eigenvalue weighted by atomic mass is 32.2. The molecule has 40 heavy (non-hydrogen) atoms. The fourth-order valence-electron chi connectivity index (χ4n) is 3.72. The van der Waals surface area contributed by atoms with Crippen LogP contribution in [-0.2, 0) is 14.8 Å². The number of benzene rings is 3. The van der Waals surface area contributed by atoms with Crippen LogP contribution in [0.4, 0.5) is 4.79 Å². The Morgan fingerprint density at radius 3 is 2.23 bits per heavy atom. The quantitative estimate of drug-likeness (QED) is 0.358. The van der Waals surface area contributed by atoms with Crippen molar-refractivity contribution < 1.29 is 32.2 Å². The topological polar surface area (TPSA) is 132 Å².